The third-order valence-electron chi connectivity index (χ3n) is 5.74. The lowest BCUT2D eigenvalue weighted by atomic mass is 9.96. The Bertz CT molecular complexity index is 509. The van der Waals surface area contributed by atoms with Gasteiger partial charge in [0.25, 0.3) is 0 Å². The molecular weight excluding hydrogens is 288 g/mol. The van der Waals surface area contributed by atoms with E-state index in [1.165, 1.54) is 69.6 Å². The largest absolute Gasteiger partial charge is 0.377 e. The van der Waals surface area contributed by atoms with Crippen LogP contribution in [0.25, 0.3) is 0 Å². The first-order valence-corrected chi connectivity index (χ1v) is 9.66. The van der Waals surface area contributed by atoms with Crippen molar-refractivity contribution in [2.24, 2.45) is 0 Å². The fourth-order valence-corrected chi connectivity index (χ4v) is 4.48. The van der Waals surface area contributed by atoms with Crippen LogP contribution < -0.4 is 0 Å². The summed E-state index contributed by atoms with van der Waals surface area (Å²) in [5, 5.41) is 9.10. The molecular formula is C18H30N4O. The van der Waals surface area contributed by atoms with Crippen molar-refractivity contribution in [1.29, 1.82) is 0 Å². The van der Waals surface area contributed by atoms with Gasteiger partial charge < -0.3 is 14.2 Å². The molecule has 2 unspecified atom stereocenters. The van der Waals surface area contributed by atoms with Gasteiger partial charge in [-0.25, -0.2) is 0 Å². The first-order chi connectivity index (χ1) is 11.4. The highest BCUT2D eigenvalue weighted by atomic mass is 16.5. The molecule has 3 aliphatic rings. The average Bonchev–Trinajstić information content (AvgIpc) is 2.85. The van der Waals surface area contributed by atoms with Crippen LogP contribution in [-0.4, -0.2) is 52.0 Å². The first-order valence-electron chi connectivity index (χ1n) is 9.66. The smallest absolute Gasteiger partial charge is 0.137 e. The predicted octanol–water partition coefficient (Wildman–Crippen LogP) is 2.75. The molecule has 1 aromatic heterocycles. The van der Waals surface area contributed by atoms with Gasteiger partial charge in [0.05, 0.1) is 6.10 Å². The highest BCUT2D eigenvalue weighted by molar-refractivity contribution is 5.05. The van der Waals surface area contributed by atoms with Crippen LogP contribution in [0.5, 0.6) is 0 Å². The summed E-state index contributed by atoms with van der Waals surface area (Å²) in [6, 6.07) is 0. The van der Waals surface area contributed by atoms with Gasteiger partial charge in [-0.3, -0.25) is 0 Å². The summed E-state index contributed by atoms with van der Waals surface area (Å²) in [6.45, 7) is 5.55. The molecule has 0 amide bonds. The van der Waals surface area contributed by atoms with Crippen LogP contribution in [0, 0.1) is 0 Å². The number of ether oxygens (including phenoxy) is 1. The van der Waals surface area contributed by atoms with E-state index in [1.807, 2.05) is 0 Å². The van der Waals surface area contributed by atoms with Crippen molar-refractivity contribution in [1.82, 2.24) is 19.7 Å². The van der Waals surface area contributed by atoms with Crippen LogP contribution in [-0.2, 0) is 17.7 Å². The zero-order valence-electron chi connectivity index (χ0n) is 14.3. The lowest BCUT2D eigenvalue weighted by molar-refractivity contribution is -0.0103. The van der Waals surface area contributed by atoms with Crippen LogP contribution in [0.2, 0.25) is 0 Å². The molecule has 2 atom stereocenters. The van der Waals surface area contributed by atoms with Crippen LogP contribution in [0.3, 0.4) is 0 Å². The number of hydrogen-bond acceptors (Lipinski definition) is 4. The quantitative estimate of drug-likeness (QED) is 0.859. The Morgan fingerprint density at radius 1 is 0.957 bits per heavy atom. The highest BCUT2D eigenvalue weighted by Gasteiger charge is 2.28. The van der Waals surface area contributed by atoms with E-state index in [9.17, 15) is 0 Å². The van der Waals surface area contributed by atoms with Gasteiger partial charge in [0.15, 0.2) is 0 Å². The Labute approximate surface area is 139 Å². The minimum absolute atomic E-state index is 0.456. The van der Waals surface area contributed by atoms with Crippen molar-refractivity contribution in [3.05, 3.63) is 11.6 Å². The van der Waals surface area contributed by atoms with Crippen molar-refractivity contribution >= 4 is 0 Å². The number of likely N-dealkylation sites (tertiary alicyclic amines) is 1. The van der Waals surface area contributed by atoms with Gasteiger partial charge in [0, 0.05) is 38.6 Å². The molecule has 0 bridgehead atoms. The van der Waals surface area contributed by atoms with E-state index in [4.69, 9.17) is 4.74 Å². The van der Waals surface area contributed by atoms with Crippen LogP contribution in [0.1, 0.15) is 68.9 Å². The van der Waals surface area contributed by atoms with Crippen LogP contribution >= 0.6 is 0 Å². The van der Waals surface area contributed by atoms with Crippen molar-refractivity contribution in [3.8, 4) is 0 Å². The zero-order chi connectivity index (χ0) is 15.5. The van der Waals surface area contributed by atoms with Crippen molar-refractivity contribution in [3.63, 3.8) is 0 Å². The molecule has 2 saturated heterocycles. The zero-order valence-corrected chi connectivity index (χ0v) is 14.3. The molecule has 0 aromatic carbocycles. The number of piperidine rings is 1. The maximum atomic E-state index is 5.94. The van der Waals surface area contributed by atoms with Crippen LogP contribution in [0.15, 0.2) is 0 Å². The number of hydrogen-bond donors (Lipinski definition) is 0. The molecule has 0 radical (unpaired) electrons. The molecule has 4 rings (SSSR count). The Morgan fingerprint density at radius 2 is 1.96 bits per heavy atom. The third-order valence-corrected chi connectivity index (χ3v) is 5.74. The van der Waals surface area contributed by atoms with Gasteiger partial charge in [-0.1, -0.05) is 6.42 Å². The second-order valence-electron chi connectivity index (χ2n) is 7.52. The van der Waals surface area contributed by atoms with Crippen molar-refractivity contribution in [2.75, 3.05) is 26.2 Å². The topological polar surface area (TPSA) is 43.2 Å². The maximum Gasteiger partial charge on any atom is 0.137 e. The molecule has 1 aromatic rings. The molecule has 3 aliphatic heterocycles. The normalized spacial score (nSPS) is 29.9. The summed E-state index contributed by atoms with van der Waals surface area (Å²) in [7, 11) is 0. The highest BCUT2D eigenvalue weighted by Crippen LogP contribution is 2.28. The monoisotopic (exact) mass is 318 g/mol. The fraction of sp³-hybridized carbons (Fsp3) is 0.889. The molecule has 5 heteroatoms. The minimum Gasteiger partial charge on any atom is -0.377 e. The SMILES string of the molecule is C1CCc2nnc(C3CCCN(CC4CCCCO4)C3)n2CC1. The summed E-state index contributed by atoms with van der Waals surface area (Å²) in [4.78, 5) is 2.61. The molecule has 2 fully saturated rings. The van der Waals surface area contributed by atoms with E-state index in [-0.39, 0.29) is 0 Å². The van der Waals surface area contributed by atoms with E-state index in [2.05, 4.69) is 19.7 Å². The molecule has 0 spiro atoms. The fourth-order valence-electron chi connectivity index (χ4n) is 4.48. The van der Waals surface area contributed by atoms with Gasteiger partial charge in [0.1, 0.15) is 11.6 Å². The summed E-state index contributed by atoms with van der Waals surface area (Å²) in [5.74, 6) is 3.05. The predicted molar refractivity (Wildman–Crippen MR) is 89.6 cm³/mol. The molecule has 23 heavy (non-hydrogen) atoms. The summed E-state index contributed by atoms with van der Waals surface area (Å²) in [6.07, 6.45) is 11.8. The van der Waals surface area contributed by atoms with E-state index in [0.717, 1.165) is 32.7 Å². The van der Waals surface area contributed by atoms with Gasteiger partial charge in [0.2, 0.25) is 0 Å². The third kappa shape index (κ3) is 3.61. The number of aromatic nitrogens is 3. The Balaban J connectivity index is 1.42. The van der Waals surface area contributed by atoms with E-state index in [1.54, 1.807) is 0 Å². The average molecular weight is 318 g/mol. The van der Waals surface area contributed by atoms with Crippen molar-refractivity contribution < 1.29 is 4.74 Å². The van der Waals surface area contributed by atoms with Gasteiger partial charge in [-0.2, -0.15) is 0 Å². The van der Waals surface area contributed by atoms with Gasteiger partial charge in [-0.05, 0) is 51.5 Å². The van der Waals surface area contributed by atoms with E-state index < -0.39 is 0 Å². The standard InChI is InChI=1S/C18H30N4O/c1-2-9-17-19-20-18(22(17)11-4-1)15-7-6-10-21(13-15)14-16-8-3-5-12-23-16/h15-16H,1-14H2. The van der Waals surface area contributed by atoms with Gasteiger partial charge in [-0.15, -0.1) is 10.2 Å². The Hall–Kier alpha value is -0.940. The molecule has 0 aliphatic carbocycles. The summed E-state index contributed by atoms with van der Waals surface area (Å²) >= 11 is 0. The lowest BCUT2D eigenvalue weighted by Gasteiger charge is -2.35. The minimum atomic E-state index is 0.456. The van der Waals surface area contributed by atoms with E-state index in [0.29, 0.717) is 12.0 Å². The van der Waals surface area contributed by atoms with Crippen molar-refractivity contribution in [2.45, 2.75) is 76.4 Å². The maximum absolute atomic E-state index is 5.94. The molecule has 0 saturated carbocycles. The summed E-state index contributed by atoms with van der Waals surface area (Å²) in [5.41, 5.74) is 0. The molecule has 5 nitrogen and oxygen atoms in total. The second kappa shape index (κ2) is 7.31. The number of fused-ring (bicyclic) bond motifs is 1. The molecule has 128 valence electrons. The Morgan fingerprint density at radius 3 is 2.87 bits per heavy atom. The van der Waals surface area contributed by atoms with E-state index >= 15 is 0 Å². The van der Waals surface area contributed by atoms with Crippen LogP contribution in [0.4, 0.5) is 0 Å². The van der Waals surface area contributed by atoms with Gasteiger partial charge >= 0.3 is 0 Å². The second-order valence-corrected chi connectivity index (χ2v) is 7.52. The lowest BCUT2D eigenvalue weighted by Crippen LogP contribution is -2.41. The number of rotatable bonds is 3. The molecule has 4 heterocycles. The number of aryl methyl sites for hydroxylation is 1. The molecule has 0 N–H and O–H groups in total. The summed E-state index contributed by atoms with van der Waals surface area (Å²) < 4.78 is 8.38. The number of nitrogens with zero attached hydrogens (tertiary/aromatic N) is 4. The Kier molecular flexibility index (Phi) is 4.95. The first kappa shape index (κ1) is 15.6.